The van der Waals surface area contributed by atoms with Crippen molar-refractivity contribution < 1.29 is 9.18 Å². The fourth-order valence-corrected chi connectivity index (χ4v) is 3.42. The molecule has 1 amide bonds. The van der Waals surface area contributed by atoms with Crippen LogP contribution in [0.15, 0.2) is 83.8 Å². The van der Waals surface area contributed by atoms with Crippen molar-refractivity contribution in [2.75, 3.05) is 5.32 Å². The molecule has 0 aliphatic heterocycles. The van der Waals surface area contributed by atoms with Crippen LogP contribution in [0.25, 0.3) is 6.08 Å². The predicted octanol–water partition coefficient (Wildman–Crippen LogP) is 6.08. The number of thioether (sulfide) groups is 1. The van der Waals surface area contributed by atoms with Crippen LogP contribution in [0, 0.1) is 12.7 Å². The molecule has 0 aromatic heterocycles. The summed E-state index contributed by atoms with van der Waals surface area (Å²) in [5.74, 6) is 0.371. The van der Waals surface area contributed by atoms with Gasteiger partial charge in [0.25, 0.3) is 0 Å². The Morgan fingerprint density at radius 2 is 1.78 bits per heavy atom. The van der Waals surface area contributed by atoms with E-state index in [1.807, 2.05) is 37.3 Å². The lowest BCUT2D eigenvalue weighted by Crippen LogP contribution is -2.09. The first kappa shape index (κ1) is 18.9. The maximum atomic E-state index is 12.9. The highest BCUT2D eigenvalue weighted by atomic mass is 32.2. The molecular formula is C23H20FNOS. The van der Waals surface area contributed by atoms with E-state index in [0.29, 0.717) is 0 Å². The van der Waals surface area contributed by atoms with Gasteiger partial charge in [0.05, 0.1) is 0 Å². The standard InChI is InChI=1S/C23H20FNOS/c1-17-15-19(16-27-21-5-3-2-4-6-21)9-13-22(17)25-23(26)14-10-18-7-11-20(24)12-8-18/h2-15H,16H2,1H3,(H,25,26)/b14-10+. The Morgan fingerprint density at radius 3 is 2.48 bits per heavy atom. The lowest BCUT2D eigenvalue weighted by Gasteiger charge is -2.09. The van der Waals surface area contributed by atoms with Gasteiger partial charge in [-0.2, -0.15) is 0 Å². The summed E-state index contributed by atoms with van der Waals surface area (Å²) in [5.41, 5.74) is 3.79. The first-order chi connectivity index (χ1) is 13.1. The third-order valence-corrected chi connectivity index (χ3v) is 5.08. The van der Waals surface area contributed by atoms with Crippen LogP contribution in [0.5, 0.6) is 0 Å². The van der Waals surface area contributed by atoms with E-state index in [0.717, 1.165) is 22.6 Å². The molecule has 3 rings (SSSR count). The molecule has 2 nitrogen and oxygen atoms in total. The molecule has 0 aliphatic rings. The summed E-state index contributed by atoms with van der Waals surface area (Å²) in [6.07, 6.45) is 3.11. The number of aryl methyl sites for hydroxylation is 1. The Hall–Kier alpha value is -2.85. The second kappa shape index (κ2) is 9.19. The summed E-state index contributed by atoms with van der Waals surface area (Å²) in [6.45, 7) is 1.98. The van der Waals surface area contributed by atoms with Crippen LogP contribution in [0.2, 0.25) is 0 Å². The van der Waals surface area contributed by atoms with Crippen LogP contribution in [-0.4, -0.2) is 5.91 Å². The first-order valence-electron chi connectivity index (χ1n) is 8.62. The lowest BCUT2D eigenvalue weighted by atomic mass is 10.1. The van der Waals surface area contributed by atoms with Crippen molar-refractivity contribution in [3.05, 3.63) is 101 Å². The molecule has 3 aromatic rings. The Kier molecular flexibility index (Phi) is 6.44. The van der Waals surface area contributed by atoms with Gasteiger partial charge in [-0.15, -0.1) is 11.8 Å². The largest absolute Gasteiger partial charge is 0.322 e. The molecule has 0 fully saturated rings. The maximum absolute atomic E-state index is 12.9. The Labute approximate surface area is 163 Å². The Balaban J connectivity index is 1.58. The van der Waals surface area contributed by atoms with Gasteiger partial charge >= 0.3 is 0 Å². The van der Waals surface area contributed by atoms with Crippen LogP contribution in [0.3, 0.4) is 0 Å². The third-order valence-electron chi connectivity index (χ3n) is 3.99. The summed E-state index contributed by atoms with van der Waals surface area (Å²) in [7, 11) is 0. The minimum Gasteiger partial charge on any atom is -0.322 e. The van der Waals surface area contributed by atoms with Crippen LogP contribution in [0.1, 0.15) is 16.7 Å². The van der Waals surface area contributed by atoms with Crippen LogP contribution in [0.4, 0.5) is 10.1 Å². The SMILES string of the molecule is Cc1cc(CSc2ccccc2)ccc1NC(=O)/C=C/c1ccc(F)cc1. The minimum absolute atomic E-state index is 0.214. The Morgan fingerprint density at radius 1 is 1.04 bits per heavy atom. The van der Waals surface area contributed by atoms with Gasteiger partial charge < -0.3 is 5.32 Å². The highest BCUT2D eigenvalue weighted by Gasteiger charge is 2.04. The van der Waals surface area contributed by atoms with E-state index in [1.54, 1.807) is 30.0 Å². The molecule has 0 saturated carbocycles. The number of benzene rings is 3. The molecule has 0 heterocycles. The quantitative estimate of drug-likeness (QED) is 0.417. The topological polar surface area (TPSA) is 29.1 Å². The van der Waals surface area contributed by atoms with Gasteiger partial charge in [0.1, 0.15) is 5.82 Å². The smallest absolute Gasteiger partial charge is 0.248 e. The molecular weight excluding hydrogens is 357 g/mol. The number of halogens is 1. The van der Waals surface area contributed by atoms with Crippen LogP contribution >= 0.6 is 11.8 Å². The number of rotatable bonds is 6. The number of amides is 1. The summed E-state index contributed by atoms with van der Waals surface area (Å²) in [5, 5.41) is 2.89. The van der Waals surface area contributed by atoms with E-state index in [-0.39, 0.29) is 11.7 Å². The molecule has 0 saturated heterocycles. The summed E-state index contributed by atoms with van der Waals surface area (Å²) in [4.78, 5) is 13.4. The Bertz CT molecular complexity index is 936. The van der Waals surface area contributed by atoms with Crippen molar-refractivity contribution in [3.63, 3.8) is 0 Å². The minimum atomic E-state index is -0.294. The molecule has 0 unspecified atom stereocenters. The fraction of sp³-hybridized carbons (Fsp3) is 0.0870. The number of carbonyl (C=O) groups is 1. The average molecular weight is 377 g/mol. The van der Waals surface area contributed by atoms with E-state index in [2.05, 4.69) is 23.5 Å². The van der Waals surface area contributed by atoms with Crippen LogP contribution < -0.4 is 5.32 Å². The molecule has 27 heavy (non-hydrogen) atoms. The van der Waals surface area contributed by atoms with Gasteiger partial charge in [0.15, 0.2) is 0 Å². The average Bonchev–Trinajstić information content (AvgIpc) is 2.69. The van der Waals surface area contributed by atoms with Gasteiger partial charge in [0, 0.05) is 22.4 Å². The predicted molar refractivity (Wildman–Crippen MR) is 111 cm³/mol. The number of hydrogen-bond acceptors (Lipinski definition) is 2. The molecule has 4 heteroatoms. The molecule has 1 N–H and O–H groups in total. The third kappa shape index (κ3) is 5.83. The van der Waals surface area contributed by atoms with E-state index < -0.39 is 0 Å². The number of nitrogens with one attached hydrogen (secondary N) is 1. The van der Waals surface area contributed by atoms with Crippen molar-refractivity contribution in [1.29, 1.82) is 0 Å². The maximum Gasteiger partial charge on any atom is 0.248 e. The molecule has 136 valence electrons. The molecule has 0 atom stereocenters. The van der Waals surface area contributed by atoms with Crippen molar-refractivity contribution in [3.8, 4) is 0 Å². The molecule has 0 bridgehead atoms. The number of anilines is 1. The van der Waals surface area contributed by atoms with E-state index in [4.69, 9.17) is 0 Å². The highest BCUT2D eigenvalue weighted by Crippen LogP contribution is 2.25. The monoisotopic (exact) mass is 377 g/mol. The molecule has 0 spiro atoms. The van der Waals surface area contributed by atoms with Crippen molar-refractivity contribution in [1.82, 2.24) is 0 Å². The molecule has 3 aromatic carbocycles. The lowest BCUT2D eigenvalue weighted by molar-refractivity contribution is -0.111. The van der Waals surface area contributed by atoms with Gasteiger partial charge in [-0.25, -0.2) is 4.39 Å². The van der Waals surface area contributed by atoms with Crippen molar-refractivity contribution in [2.45, 2.75) is 17.6 Å². The van der Waals surface area contributed by atoms with E-state index in [9.17, 15) is 9.18 Å². The summed E-state index contributed by atoms with van der Waals surface area (Å²) >= 11 is 1.78. The van der Waals surface area contributed by atoms with Crippen LogP contribution in [-0.2, 0) is 10.5 Å². The zero-order valence-electron chi connectivity index (χ0n) is 15.0. The molecule has 0 radical (unpaired) electrons. The first-order valence-corrected chi connectivity index (χ1v) is 9.61. The van der Waals surface area contributed by atoms with E-state index >= 15 is 0 Å². The van der Waals surface area contributed by atoms with Crippen molar-refractivity contribution in [2.24, 2.45) is 0 Å². The van der Waals surface area contributed by atoms with Gasteiger partial charge in [-0.3, -0.25) is 4.79 Å². The van der Waals surface area contributed by atoms with E-state index in [1.165, 1.54) is 28.7 Å². The number of carbonyl (C=O) groups excluding carboxylic acids is 1. The summed E-state index contributed by atoms with van der Waals surface area (Å²) < 4.78 is 12.9. The normalized spacial score (nSPS) is 10.9. The van der Waals surface area contributed by atoms with Crippen molar-refractivity contribution >= 4 is 29.4 Å². The van der Waals surface area contributed by atoms with Gasteiger partial charge in [0.2, 0.25) is 5.91 Å². The molecule has 0 aliphatic carbocycles. The zero-order valence-corrected chi connectivity index (χ0v) is 15.8. The second-order valence-electron chi connectivity index (χ2n) is 6.13. The zero-order chi connectivity index (χ0) is 19.1. The highest BCUT2D eigenvalue weighted by molar-refractivity contribution is 7.98. The van der Waals surface area contributed by atoms with Gasteiger partial charge in [-0.05, 0) is 60.0 Å². The summed E-state index contributed by atoms with van der Waals surface area (Å²) in [6, 6.07) is 22.3. The fourth-order valence-electron chi connectivity index (χ4n) is 2.56. The van der Waals surface area contributed by atoms with Gasteiger partial charge in [-0.1, -0.05) is 42.5 Å². The number of hydrogen-bond donors (Lipinski definition) is 1. The second-order valence-corrected chi connectivity index (χ2v) is 7.17.